The van der Waals surface area contributed by atoms with Crippen molar-refractivity contribution in [1.29, 1.82) is 0 Å². The number of rotatable bonds is 3. The van der Waals surface area contributed by atoms with Crippen molar-refractivity contribution in [2.24, 2.45) is 5.92 Å². The quantitative estimate of drug-likeness (QED) is 0.694. The van der Waals surface area contributed by atoms with Crippen molar-refractivity contribution in [3.8, 4) is 0 Å². The van der Waals surface area contributed by atoms with Crippen LogP contribution in [0.2, 0.25) is 0 Å². The van der Waals surface area contributed by atoms with E-state index < -0.39 is 0 Å². The minimum Gasteiger partial charge on any atom is -0.171 e. The highest BCUT2D eigenvalue weighted by molar-refractivity contribution is 7.80. The Morgan fingerprint density at radius 2 is 1.62 bits per heavy atom. The van der Waals surface area contributed by atoms with Crippen LogP contribution in [0.4, 0.5) is 0 Å². The van der Waals surface area contributed by atoms with E-state index >= 15 is 0 Å². The Morgan fingerprint density at radius 3 is 2.00 bits per heavy atom. The first kappa shape index (κ1) is 10.6. The molecule has 1 atom stereocenters. The number of thiol groups is 1. The molecule has 0 saturated carbocycles. The summed E-state index contributed by atoms with van der Waals surface area (Å²) in [7, 11) is 0. The summed E-state index contributed by atoms with van der Waals surface area (Å²) in [6, 6.07) is 8.77. The molecule has 1 aromatic rings. The molecule has 0 amide bonds. The van der Waals surface area contributed by atoms with Crippen LogP contribution < -0.4 is 0 Å². The van der Waals surface area contributed by atoms with Gasteiger partial charge in [-0.3, -0.25) is 0 Å². The van der Waals surface area contributed by atoms with Gasteiger partial charge in [-0.25, -0.2) is 0 Å². The van der Waals surface area contributed by atoms with Crippen LogP contribution in [0, 0.1) is 5.92 Å². The van der Waals surface area contributed by atoms with E-state index in [1.807, 2.05) is 0 Å². The maximum Gasteiger partial charge on any atom is 0.0238 e. The fourth-order valence-electron chi connectivity index (χ4n) is 1.40. The van der Waals surface area contributed by atoms with E-state index in [9.17, 15) is 0 Å². The first-order chi connectivity index (χ1) is 6.09. The van der Waals surface area contributed by atoms with Crippen LogP contribution in [0.5, 0.6) is 0 Å². The molecule has 1 unspecified atom stereocenters. The molecule has 13 heavy (non-hydrogen) atoms. The van der Waals surface area contributed by atoms with Gasteiger partial charge in [0.1, 0.15) is 0 Å². The molecule has 0 nitrogen and oxygen atoms in total. The van der Waals surface area contributed by atoms with Crippen LogP contribution in [0.25, 0.3) is 0 Å². The molecule has 0 aliphatic carbocycles. The zero-order chi connectivity index (χ0) is 9.84. The van der Waals surface area contributed by atoms with Gasteiger partial charge in [0.25, 0.3) is 0 Å². The van der Waals surface area contributed by atoms with E-state index in [4.69, 9.17) is 0 Å². The minimum absolute atomic E-state index is 0.341. The average Bonchev–Trinajstić information content (AvgIpc) is 2.04. The van der Waals surface area contributed by atoms with Gasteiger partial charge in [-0.15, -0.1) is 0 Å². The molecule has 1 heteroatoms. The van der Waals surface area contributed by atoms with Crippen LogP contribution >= 0.6 is 12.6 Å². The van der Waals surface area contributed by atoms with Gasteiger partial charge in [-0.1, -0.05) is 38.1 Å². The van der Waals surface area contributed by atoms with Gasteiger partial charge >= 0.3 is 0 Å². The Balaban J connectivity index is 2.70. The summed E-state index contributed by atoms with van der Waals surface area (Å²) in [6.07, 6.45) is 1.17. The summed E-state index contributed by atoms with van der Waals surface area (Å²) >= 11 is 4.39. The predicted octanol–water partition coefficient (Wildman–Crippen LogP) is 3.88. The Labute approximate surface area is 86.8 Å². The molecule has 0 radical (unpaired) electrons. The van der Waals surface area contributed by atoms with Gasteiger partial charge in [-0.05, 0) is 30.4 Å². The number of hydrogen-bond acceptors (Lipinski definition) is 1. The minimum atomic E-state index is 0.341. The molecule has 0 fully saturated rings. The largest absolute Gasteiger partial charge is 0.171 e. The zero-order valence-electron chi connectivity index (χ0n) is 8.62. The van der Waals surface area contributed by atoms with E-state index in [0.717, 1.165) is 5.92 Å². The third kappa shape index (κ3) is 3.43. The molecule has 0 aliphatic rings. The van der Waals surface area contributed by atoms with Gasteiger partial charge in [0.2, 0.25) is 0 Å². The van der Waals surface area contributed by atoms with E-state index in [0.29, 0.717) is 5.25 Å². The lowest BCUT2D eigenvalue weighted by Crippen LogP contribution is -1.94. The molecule has 0 bridgehead atoms. The molecular weight excluding hydrogens is 176 g/mol. The summed E-state index contributed by atoms with van der Waals surface area (Å²) in [4.78, 5) is 0. The van der Waals surface area contributed by atoms with E-state index in [2.05, 4.69) is 57.7 Å². The normalized spacial score (nSPS) is 13.3. The topological polar surface area (TPSA) is 0 Å². The number of hydrogen-bond donors (Lipinski definition) is 1. The fourth-order valence-corrected chi connectivity index (χ4v) is 1.58. The highest BCUT2D eigenvalue weighted by Gasteiger charge is 2.00. The molecule has 72 valence electrons. The SMILES string of the molecule is CC(C)Cc1ccc(C(C)S)cc1. The van der Waals surface area contributed by atoms with Crippen molar-refractivity contribution in [2.45, 2.75) is 32.4 Å². The molecule has 0 aliphatic heterocycles. The van der Waals surface area contributed by atoms with Gasteiger partial charge in [0.05, 0.1) is 0 Å². The van der Waals surface area contributed by atoms with Gasteiger partial charge in [0, 0.05) is 5.25 Å². The standard InChI is InChI=1S/C12H18S/c1-9(2)8-11-4-6-12(7-5-11)10(3)13/h4-7,9-10,13H,8H2,1-3H3. The smallest absolute Gasteiger partial charge is 0.0238 e. The summed E-state index contributed by atoms with van der Waals surface area (Å²) < 4.78 is 0. The third-order valence-corrected chi connectivity index (χ3v) is 2.40. The second-order valence-electron chi connectivity index (χ2n) is 4.02. The Kier molecular flexibility index (Phi) is 3.86. The fraction of sp³-hybridized carbons (Fsp3) is 0.500. The first-order valence-electron chi connectivity index (χ1n) is 4.86. The second kappa shape index (κ2) is 4.71. The lowest BCUT2D eigenvalue weighted by Gasteiger charge is -2.07. The Hall–Kier alpha value is -0.430. The molecular formula is C12H18S. The predicted molar refractivity (Wildman–Crippen MR) is 62.4 cm³/mol. The molecule has 0 heterocycles. The van der Waals surface area contributed by atoms with Crippen LogP contribution in [0.15, 0.2) is 24.3 Å². The van der Waals surface area contributed by atoms with Crippen LogP contribution in [0.1, 0.15) is 37.1 Å². The van der Waals surface area contributed by atoms with Gasteiger partial charge in [0.15, 0.2) is 0 Å². The summed E-state index contributed by atoms with van der Waals surface area (Å²) in [5.74, 6) is 0.735. The van der Waals surface area contributed by atoms with E-state index in [1.165, 1.54) is 17.5 Å². The monoisotopic (exact) mass is 194 g/mol. The first-order valence-corrected chi connectivity index (χ1v) is 5.38. The number of benzene rings is 1. The van der Waals surface area contributed by atoms with Gasteiger partial charge < -0.3 is 0 Å². The maximum absolute atomic E-state index is 4.39. The average molecular weight is 194 g/mol. The van der Waals surface area contributed by atoms with Crippen molar-refractivity contribution >= 4 is 12.6 Å². The Morgan fingerprint density at radius 1 is 1.08 bits per heavy atom. The Bertz CT molecular complexity index is 246. The van der Waals surface area contributed by atoms with Crippen molar-refractivity contribution < 1.29 is 0 Å². The molecule has 1 rings (SSSR count). The van der Waals surface area contributed by atoms with Crippen LogP contribution in [0.3, 0.4) is 0 Å². The van der Waals surface area contributed by atoms with Gasteiger partial charge in [-0.2, -0.15) is 12.6 Å². The second-order valence-corrected chi connectivity index (χ2v) is 4.79. The summed E-state index contributed by atoms with van der Waals surface area (Å²) in [5.41, 5.74) is 2.73. The van der Waals surface area contributed by atoms with Crippen molar-refractivity contribution in [3.63, 3.8) is 0 Å². The van der Waals surface area contributed by atoms with Crippen molar-refractivity contribution in [3.05, 3.63) is 35.4 Å². The molecule has 1 aromatic carbocycles. The van der Waals surface area contributed by atoms with E-state index in [-0.39, 0.29) is 0 Å². The lowest BCUT2D eigenvalue weighted by molar-refractivity contribution is 0.647. The van der Waals surface area contributed by atoms with E-state index in [1.54, 1.807) is 0 Å². The zero-order valence-corrected chi connectivity index (χ0v) is 9.51. The van der Waals surface area contributed by atoms with Crippen LogP contribution in [-0.4, -0.2) is 0 Å². The lowest BCUT2D eigenvalue weighted by atomic mass is 10.0. The summed E-state index contributed by atoms with van der Waals surface area (Å²) in [5, 5.41) is 0.341. The van der Waals surface area contributed by atoms with Crippen molar-refractivity contribution in [2.75, 3.05) is 0 Å². The van der Waals surface area contributed by atoms with Crippen molar-refractivity contribution in [1.82, 2.24) is 0 Å². The highest BCUT2D eigenvalue weighted by Crippen LogP contribution is 2.19. The molecule has 0 N–H and O–H groups in total. The van der Waals surface area contributed by atoms with Crippen LogP contribution in [-0.2, 0) is 6.42 Å². The third-order valence-electron chi connectivity index (χ3n) is 2.11. The molecule has 0 spiro atoms. The molecule has 0 aromatic heterocycles. The highest BCUT2D eigenvalue weighted by atomic mass is 32.1. The summed E-state index contributed by atoms with van der Waals surface area (Å²) in [6.45, 7) is 6.59. The molecule has 0 saturated heterocycles. The maximum atomic E-state index is 4.39.